The molecule has 0 radical (unpaired) electrons. The van der Waals surface area contributed by atoms with Gasteiger partial charge in [-0.15, -0.1) is 0 Å². The molecule has 150 valence electrons. The van der Waals surface area contributed by atoms with E-state index < -0.39 is 0 Å². The van der Waals surface area contributed by atoms with Gasteiger partial charge in [-0.1, -0.05) is 57.5 Å². The first-order valence-corrected chi connectivity index (χ1v) is 10.9. The summed E-state index contributed by atoms with van der Waals surface area (Å²) in [5.74, 6) is 1.06. The Bertz CT molecular complexity index is 1200. The van der Waals surface area contributed by atoms with Crippen molar-refractivity contribution in [3.8, 4) is 11.4 Å². The molecule has 0 spiro atoms. The van der Waals surface area contributed by atoms with Crippen molar-refractivity contribution in [1.82, 2.24) is 15.0 Å². The minimum Gasteiger partial charge on any atom is -0.337 e. The first-order valence-electron chi connectivity index (χ1n) is 10.1. The number of halogens is 1. The summed E-state index contributed by atoms with van der Waals surface area (Å²) in [6.45, 7) is 0.683. The molecule has 1 aromatic heterocycles. The van der Waals surface area contributed by atoms with Gasteiger partial charge in [0.25, 0.3) is 5.91 Å². The summed E-state index contributed by atoms with van der Waals surface area (Å²) < 4.78 is 6.62. The van der Waals surface area contributed by atoms with Crippen LogP contribution in [0, 0.1) is 0 Å². The fourth-order valence-corrected chi connectivity index (χ4v) is 4.35. The summed E-state index contributed by atoms with van der Waals surface area (Å²) in [4.78, 5) is 20.1. The number of benzene rings is 3. The molecule has 1 unspecified atom stereocenters. The van der Waals surface area contributed by atoms with Crippen molar-refractivity contribution in [2.45, 2.75) is 25.3 Å². The Morgan fingerprint density at radius 3 is 2.67 bits per heavy atom. The molecule has 3 aromatic carbocycles. The summed E-state index contributed by atoms with van der Waals surface area (Å²) in [7, 11) is 0. The highest BCUT2D eigenvalue weighted by molar-refractivity contribution is 9.10. The minimum atomic E-state index is -0.207. The quantitative estimate of drug-likeness (QED) is 0.374. The van der Waals surface area contributed by atoms with Crippen LogP contribution in [0.25, 0.3) is 22.2 Å². The number of carbonyl (C=O) groups is 1. The summed E-state index contributed by atoms with van der Waals surface area (Å²) in [6, 6.07) is 21.4. The van der Waals surface area contributed by atoms with Gasteiger partial charge in [0.05, 0.1) is 0 Å². The molecule has 6 heteroatoms. The zero-order valence-electron chi connectivity index (χ0n) is 16.3. The Kier molecular flexibility index (Phi) is 5.09. The minimum absolute atomic E-state index is 0.0138. The van der Waals surface area contributed by atoms with Crippen LogP contribution < -0.4 is 0 Å². The van der Waals surface area contributed by atoms with E-state index >= 15 is 0 Å². The number of aromatic nitrogens is 2. The van der Waals surface area contributed by atoms with Crippen LogP contribution in [0.3, 0.4) is 0 Å². The smallest absolute Gasteiger partial charge is 0.255 e. The van der Waals surface area contributed by atoms with E-state index in [1.807, 2.05) is 71.6 Å². The molecule has 0 N–H and O–H groups in total. The highest BCUT2D eigenvalue weighted by Gasteiger charge is 2.33. The second-order valence-electron chi connectivity index (χ2n) is 7.50. The van der Waals surface area contributed by atoms with E-state index in [4.69, 9.17) is 4.52 Å². The number of fused-ring (bicyclic) bond motifs is 1. The molecule has 1 amide bonds. The van der Waals surface area contributed by atoms with Gasteiger partial charge in [-0.25, -0.2) is 0 Å². The van der Waals surface area contributed by atoms with Crippen molar-refractivity contribution in [2.24, 2.45) is 0 Å². The van der Waals surface area contributed by atoms with Gasteiger partial charge >= 0.3 is 0 Å². The van der Waals surface area contributed by atoms with E-state index in [1.54, 1.807) is 0 Å². The Labute approximate surface area is 182 Å². The third-order valence-electron chi connectivity index (χ3n) is 5.61. The van der Waals surface area contributed by atoms with Crippen LogP contribution in [0.1, 0.15) is 41.6 Å². The molecule has 2 heterocycles. The van der Waals surface area contributed by atoms with E-state index in [0.717, 1.165) is 40.1 Å². The number of rotatable bonds is 3. The first-order chi connectivity index (χ1) is 14.7. The van der Waals surface area contributed by atoms with Gasteiger partial charge in [0.2, 0.25) is 11.7 Å². The standard InChI is InChI=1S/C24H20BrN3O2/c25-18-13-11-17(12-14-18)22-26-23(30-27-22)21-10-3-4-15-28(21)24(29)20-9-5-7-16-6-1-2-8-19(16)20/h1-2,5-9,11-14,21H,3-4,10,15H2. The molecule has 0 bridgehead atoms. The lowest BCUT2D eigenvalue weighted by Crippen LogP contribution is -2.38. The van der Waals surface area contributed by atoms with E-state index in [1.165, 1.54) is 0 Å². The SMILES string of the molecule is O=C(c1cccc2ccccc12)N1CCCCC1c1nc(-c2ccc(Br)cc2)no1. The zero-order valence-corrected chi connectivity index (χ0v) is 17.9. The van der Waals surface area contributed by atoms with Crippen LogP contribution >= 0.6 is 15.9 Å². The lowest BCUT2D eigenvalue weighted by Gasteiger charge is -2.33. The average molecular weight is 462 g/mol. The van der Waals surface area contributed by atoms with E-state index in [2.05, 4.69) is 26.1 Å². The molecular formula is C24H20BrN3O2. The van der Waals surface area contributed by atoms with E-state index in [-0.39, 0.29) is 11.9 Å². The highest BCUT2D eigenvalue weighted by atomic mass is 79.9. The summed E-state index contributed by atoms with van der Waals surface area (Å²) in [5.41, 5.74) is 1.60. The maximum atomic E-state index is 13.5. The molecule has 1 saturated heterocycles. The normalized spacial score (nSPS) is 16.7. The van der Waals surface area contributed by atoms with Crippen molar-refractivity contribution in [3.63, 3.8) is 0 Å². The van der Waals surface area contributed by atoms with Gasteiger partial charge in [0.15, 0.2) is 0 Å². The first kappa shape index (κ1) is 19.0. The number of carbonyl (C=O) groups excluding carboxylic acids is 1. The highest BCUT2D eigenvalue weighted by Crippen LogP contribution is 2.33. The van der Waals surface area contributed by atoms with Crippen molar-refractivity contribution in [3.05, 3.63) is 82.7 Å². The molecule has 5 rings (SSSR count). The number of amides is 1. The summed E-state index contributed by atoms with van der Waals surface area (Å²) >= 11 is 3.44. The lowest BCUT2D eigenvalue weighted by atomic mass is 9.98. The van der Waals surface area contributed by atoms with Gasteiger partial charge in [-0.3, -0.25) is 4.79 Å². The second-order valence-corrected chi connectivity index (χ2v) is 8.42. The van der Waals surface area contributed by atoms with Crippen molar-refractivity contribution >= 4 is 32.6 Å². The van der Waals surface area contributed by atoms with Crippen LogP contribution in [0.5, 0.6) is 0 Å². The second kappa shape index (κ2) is 8.03. The molecule has 4 aromatic rings. The van der Waals surface area contributed by atoms with Crippen LogP contribution in [0.4, 0.5) is 0 Å². The van der Waals surface area contributed by atoms with Gasteiger partial charge in [0.1, 0.15) is 6.04 Å². The Hall–Kier alpha value is -2.99. The Morgan fingerprint density at radius 1 is 1.00 bits per heavy atom. The molecule has 5 nitrogen and oxygen atoms in total. The zero-order chi connectivity index (χ0) is 20.5. The molecule has 0 aliphatic carbocycles. The molecule has 30 heavy (non-hydrogen) atoms. The fraction of sp³-hybridized carbons (Fsp3) is 0.208. The fourth-order valence-electron chi connectivity index (χ4n) is 4.08. The molecule has 0 saturated carbocycles. The Morgan fingerprint density at radius 2 is 1.80 bits per heavy atom. The van der Waals surface area contributed by atoms with Gasteiger partial charge in [0, 0.05) is 22.1 Å². The van der Waals surface area contributed by atoms with Gasteiger partial charge in [-0.05, 0) is 60.4 Å². The third kappa shape index (κ3) is 3.52. The van der Waals surface area contributed by atoms with Crippen molar-refractivity contribution in [1.29, 1.82) is 0 Å². The predicted octanol–water partition coefficient (Wildman–Crippen LogP) is 6.02. The summed E-state index contributed by atoms with van der Waals surface area (Å²) in [5, 5.41) is 6.20. The largest absolute Gasteiger partial charge is 0.337 e. The van der Waals surface area contributed by atoms with Crippen LogP contribution in [0.15, 0.2) is 75.7 Å². The van der Waals surface area contributed by atoms with Crippen molar-refractivity contribution < 1.29 is 9.32 Å². The third-order valence-corrected chi connectivity index (χ3v) is 6.14. The van der Waals surface area contributed by atoms with Crippen LogP contribution in [-0.2, 0) is 0 Å². The van der Waals surface area contributed by atoms with Crippen LogP contribution in [-0.4, -0.2) is 27.5 Å². The number of hydrogen-bond donors (Lipinski definition) is 0. The maximum Gasteiger partial charge on any atom is 0.255 e. The number of hydrogen-bond acceptors (Lipinski definition) is 4. The van der Waals surface area contributed by atoms with Gasteiger partial charge < -0.3 is 9.42 Å². The maximum absolute atomic E-state index is 13.5. The Balaban J connectivity index is 1.48. The molecule has 1 fully saturated rings. The number of piperidine rings is 1. The molecule has 1 atom stereocenters. The topological polar surface area (TPSA) is 59.2 Å². The molecule has 1 aliphatic rings. The molecular weight excluding hydrogens is 442 g/mol. The van der Waals surface area contributed by atoms with E-state index in [0.29, 0.717) is 23.8 Å². The molecule has 1 aliphatic heterocycles. The van der Waals surface area contributed by atoms with E-state index in [9.17, 15) is 4.79 Å². The number of nitrogens with zero attached hydrogens (tertiary/aromatic N) is 3. The number of likely N-dealkylation sites (tertiary alicyclic amines) is 1. The predicted molar refractivity (Wildman–Crippen MR) is 119 cm³/mol. The van der Waals surface area contributed by atoms with Gasteiger partial charge in [-0.2, -0.15) is 4.98 Å². The lowest BCUT2D eigenvalue weighted by molar-refractivity contribution is 0.0563. The summed E-state index contributed by atoms with van der Waals surface area (Å²) in [6.07, 6.45) is 2.82. The average Bonchev–Trinajstić information content (AvgIpc) is 3.29. The van der Waals surface area contributed by atoms with Crippen LogP contribution in [0.2, 0.25) is 0 Å². The van der Waals surface area contributed by atoms with Crippen molar-refractivity contribution in [2.75, 3.05) is 6.54 Å². The monoisotopic (exact) mass is 461 g/mol.